The van der Waals surface area contributed by atoms with E-state index < -0.39 is 0 Å². The molecule has 1 aliphatic carbocycles. The van der Waals surface area contributed by atoms with Crippen molar-refractivity contribution in [1.82, 2.24) is 15.1 Å². The molecule has 4 nitrogen and oxygen atoms in total. The molecule has 0 amide bonds. The Kier molecular flexibility index (Phi) is 3.96. The summed E-state index contributed by atoms with van der Waals surface area (Å²) in [6.45, 7) is 1.76. The summed E-state index contributed by atoms with van der Waals surface area (Å²) in [4.78, 5) is 0. The molecule has 90 valence electrons. The van der Waals surface area contributed by atoms with Crippen molar-refractivity contribution in [2.75, 3.05) is 6.54 Å². The molecule has 0 spiro atoms. The summed E-state index contributed by atoms with van der Waals surface area (Å²) in [5.41, 5.74) is 1.20. The van der Waals surface area contributed by atoms with Crippen molar-refractivity contribution in [3.05, 3.63) is 18.0 Å². The Bertz CT molecular complexity index is 324. The third kappa shape index (κ3) is 3.06. The number of nitrogens with one attached hydrogen (secondary N) is 1. The maximum Gasteiger partial charge on any atom is 0.0580 e. The third-order valence-corrected chi connectivity index (χ3v) is 3.36. The zero-order valence-electron chi connectivity index (χ0n) is 9.89. The van der Waals surface area contributed by atoms with Crippen LogP contribution in [0.1, 0.15) is 31.2 Å². The Labute approximate surface area is 96.7 Å². The molecule has 2 unspecified atom stereocenters. The van der Waals surface area contributed by atoms with Gasteiger partial charge < -0.3 is 10.4 Å². The van der Waals surface area contributed by atoms with E-state index in [-0.39, 0.29) is 6.10 Å². The Morgan fingerprint density at radius 3 is 3.00 bits per heavy atom. The molecule has 0 aliphatic heterocycles. The van der Waals surface area contributed by atoms with Gasteiger partial charge in [0.2, 0.25) is 0 Å². The van der Waals surface area contributed by atoms with E-state index in [1.807, 2.05) is 24.1 Å². The Balaban J connectivity index is 1.71. The largest absolute Gasteiger partial charge is 0.393 e. The van der Waals surface area contributed by atoms with E-state index in [0.717, 1.165) is 25.9 Å². The Hall–Kier alpha value is -0.870. The first kappa shape index (κ1) is 11.6. The van der Waals surface area contributed by atoms with E-state index in [1.165, 1.54) is 18.4 Å². The highest BCUT2D eigenvalue weighted by molar-refractivity contribution is 5.02. The van der Waals surface area contributed by atoms with Crippen LogP contribution in [0.5, 0.6) is 0 Å². The zero-order valence-corrected chi connectivity index (χ0v) is 9.89. The lowest BCUT2D eigenvalue weighted by Crippen LogP contribution is -2.33. The summed E-state index contributed by atoms with van der Waals surface area (Å²) in [5, 5.41) is 17.3. The molecule has 2 rings (SSSR count). The van der Waals surface area contributed by atoms with Crippen LogP contribution < -0.4 is 5.32 Å². The van der Waals surface area contributed by atoms with Crippen LogP contribution in [0.15, 0.2) is 12.4 Å². The highest BCUT2D eigenvalue weighted by atomic mass is 16.3. The Morgan fingerprint density at radius 2 is 2.31 bits per heavy atom. The smallest absolute Gasteiger partial charge is 0.0580 e. The van der Waals surface area contributed by atoms with E-state index in [1.54, 1.807) is 0 Å². The van der Waals surface area contributed by atoms with E-state index in [0.29, 0.717) is 5.92 Å². The lowest BCUT2D eigenvalue weighted by Gasteiger charge is -2.27. The summed E-state index contributed by atoms with van der Waals surface area (Å²) < 4.78 is 1.81. The van der Waals surface area contributed by atoms with Crippen LogP contribution in [0.2, 0.25) is 0 Å². The fraction of sp³-hybridized carbons (Fsp3) is 0.750. The number of aryl methyl sites for hydroxylation is 1. The first-order valence-electron chi connectivity index (χ1n) is 6.12. The number of aromatic nitrogens is 2. The summed E-state index contributed by atoms with van der Waals surface area (Å²) in [5.74, 6) is 0.436. The van der Waals surface area contributed by atoms with Crippen LogP contribution in [-0.4, -0.2) is 27.5 Å². The van der Waals surface area contributed by atoms with Gasteiger partial charge in [0.1, 0.15) is 0 Å². The molecular formula is C12H21N3O. The highest BCUT2D eigenvalue weighted by Crippen LogP contribution is 2.23. The molecule has 1 fully saturated rings. The van der Waals surface area contributed by atoms with Gasteiger partial charge in [0.05, 0.1) is 12.3 Å². The standard InChI is InChI=1S/C12H21N3O/c1-15-9-10(7-14-15)6-13-8-11-4-2-3-5-12(11)16/h7,9,11-13,16H,2-6,8H2,1H3. The lowest BCUT2D eigenvalue weighted by molar-refractivity contribution is 0.0695. The van der Waals surface area contributed by atoms with Gasteiger partial charge in [-0.05, 0) is 18.8 Å². The van der Waals surface area contributed by atoms with Crippen molar-refractivity contribution >= 4 is 0 Å². The number of nitrogens with zero attached hydrogens (tertiary/aromatic N) is 2. The van der Waals surface area contributed by atoms with Gasteiger partial charge in [0.15, 0.2) is 0 Å². The fourth-order valence-corrected chi connectivity index (χ4v) is 2.39. The van der Waals surface area contributed by atoms with E-state index >= 15 is 0 Å². The van der Waals surface area contributed by atoms with Crippen molar-refractivity contribution in [2.45, 2.75) is 38.3 Å². The molecule has 1 aromatic rings. The van der Waals surface area contributed by atoms with Gasteiger partial charge >= 0.3 is 0 Å². The molecule has 0 bridgehead atoms. The van der Waals surface area contributed by atoms with Crippen LogP contribution in [0.4, 0.5) is 0 Å². The minimum Gasteiger partial charge on any atom is -0.393 e. The SMILES string of the molecule is Cn1cc(CNCC2CCCCC2O)cn1. The number of hydrogen-bond donors (Lipinski definition) is 2. The number of aliphatic hydroxyl groups is 1. The predicted molar refractivity (Wildman–Crippen MR) is 62.9 cm³/mol. The second kappa shape index (κ2) is 5.46. The van der Waals surface area contributed by atoms with Gasteiger partial charge in [-0.1, -0.05) is 12.8 Å². The minimum absolute atomic E-state index is 0.102. The van der Waals surface area contributed by atoms with E-state index in [9.17, 15) is 5.11 Å². The maximum atomic E-state index is 9.81. The average molecular weight is 223 g/mol. The first-order chi connectivity index (χ1) is 7.75. The van der Waals surface area contributed by atoms with Gasteiger partial charge in [-0.2, -0.15) is 5.10 Å². The molecule has 16 heavy (non-hydrogen) atoms. The summed E-state index contributed by atoms with van der Waals surface area (Å²) in [6.07, 6.45) is 8.36. The minimum atomic E-state index is -0.102. The van der Waals surface area contributed by atoms with Crippen LogP contribution in [-0.2, 0) is 13.6 Å². The zero-order chi connectivity index (χ0) is 11.4. The molecule has 4 heteroatoms. The van der Waals surface area contributed by atoms with Crippen LogP contribution in [0.25, 0.3) is 0 Å². The number of aliphatic hydroxyl groups excluding tert-OH is 1. The number of hydrogen-bond acceptors (Lipinski definition) is 3. The average Bonchev–Trinajstić information content (AvgIpc) is 2.67. The second-order valence-corrected chi connectivity index (χ2v) is 4.77. The Morgan fingerprint density at radius 1 is 1.50 bits per heavy atom. The fourth-order valence-electron chi connectivity index (χ4n) is 2.39. The van der Waals surface area contributed by atoms with Crippen molar-refractivity contribution in [2.24, 2.45) is 13.0 Å². The second-order valence-electron chi connectivity index (χ2n) is 4.77. The van der Waals surface area contributed by atoms with Crippen LogP contribution in [0, 0.1) is 5.92 Å². The molecule has 1 aliphatic rings. The molecule has 1 heterocycles. The summed E-state index contributed by atoms with van der Waals surface area (Å²) in [7, 11) is 1.92. The van der Waals surface area contributed by atoms with Gasteiger partial charge in [0.25, 0.3) is 0 Å². The molecular weight excluding hydrogens is 202 g/mol. The highest BCUT2D eigenvalue weighted by Gasteiger charge is 2.22. The van der Waals surface area contributed by atoms with Crippen LogP contribution >= 0.6 is 0 Å². The van der Waals surface area contributed by atoms with Gasteiger partial charge in [-0.3, -0.25) is 4.68 Å². The molecule has 1 aromatic heterocycles. The van der Waals surface area contributed by atoms with Crippen molar-refractivity contribution < 1.29 is 5.11 Å². The molecule has 2 atom stereocenters. The van der Waals surface area contributed by atoms with Gasteiger partial charge in [-0.25, -0.2) is 0 Å². The maximum absolute atomic E-state index is 9.81. The molecule has 0 aromatic carbocycles. The molecule has 0 radical (unpaired) electrons. The normalized spacial score (nSPS) is 25.9. The van der Waals surface area contributed by atoms with E-state index in [2.05, 4.69) is 10.4 Å². The van der Waals surface area contributed by atoms with Gasteiger partial charge in [-0.15, -0.1) is 0 Å². The first-order valence-corrected chi connectivity index (χ1v) is 6.12. The molecule has 0 saturated heterocycles. The third-order valence-electron chi connectivity index (χ3n) is 3.36. The summed E-state index contributed by atoms with van der Waals surface area (Å²) >= 11 is 0. The van der Waals surface area contributed by atoms with Crippen molar-refractivity contribution in [1.29, 1.82) is 0 Å². The summed E-state index contributed by atoms with van der Waals surface area (Å²) in [6, 6.07) is 0. The molecule has 1 saturated carbocycles. The van der Waals surface area contributed by atoms with E-state index in [4.69, 9.17) is 0 Å². The van der Waals surface area contributed by atoms with Crippen LogP contribution in [0.3, 0.4) is 0 Å². The molecule has 2 N–H and O–H groups in total. The number of rotatable bonds is 4. The van der Waals surface area contributed by atoms with Crippen molar-refractivity contribution in [3.8, 4) is 0 Å². The lowest BCUT2D eigenvalue weighted by atomic mass is 9.86. The monoisotopic (exact) mass is 223 g/mol. The quantitative estimate of drug-likeness (QED) is 0.802. The predicted octanol–water partition coefficient (Wildman–Crippen LogP) is 1.06. The van der Waals surface area contributed by atoms with Crippen molar-refractivity contribution in [3.63, 3.8) is 0 Å². The topological polar surface area (TPSA) is 50.1 Å². The van der Waals surface area contributed by atoms with Gasteiger partial charge in [0, 0.05) is 31.9 Å².